The Morgan fingerprint density at radius 2 is 1.77 bits per heavy atom. The third kappa shape index (κ3) is 6.63. The molecule has 1 heterocycles. The highest BCUT2D eigenvalue weighted by molar-refractivity contribution is 6.34. The standard InChI is InChI=1S/C27H23Cl2F4N3O3/c1-35(2)17-12-36(13-17)26(38)16-6-8-19(28)18(10-16)15-7-9-22(23(11-15)39-14-27(31,32)33)34-25(37)24-20(29)4-3-5-21(24)30/h3-11,17H,12-14H2,1-2H3,(H,34,37). The van der Waals surface area contributed by atoms with Crippen LogP contribution < -0.4 is 10.1 Å². The van der Waals surface area contributed by atoms with E-state index in [0.717, 1.165) is 6.07 Å². The molecule has 0 aliphatic carbocycles. The molecule has 1 N–H and O–H groups in total. The highest BCUT2D eigenvalue weighted by atomic mass is 35.5. The molecule has 1 aliphatic heterocycles. The van der Waals surface area contributed by atoms with Crippen LogP contribution in [0.15, 0.2) is 54.6 Å². The zero-order valence-corrected chi connectivity index (χ0v) is 22.3. The molecular formula is C27H23Cl2F4N3O3. The number of benzene rings is 3. The van der Waals surface area contributed by atoms with Crippen LogP contribution in [-0.2, 0) is 0 Å². The average Bonchev–Trinajstić information content (AvgIpc) is 2.82. The maximum absolute atomic E-state index is 14.2. The van der Waals surface area contributed by atoms with Gasteiger partial charge in [-0.15, -0.1) is 0 Å². The number of ether oxygens (including phenoxy) is 1. The molecule has 0 aromatic heterocycles. The summed E-state index contributed by atoms with van der Waals surface area (Å²) in [4.78, 5) is 29.4. The Hall–Kier alpha value is -3.34. The van der Waals surface area contributed by atoms with Gasteiger partial charge in [-0.3, -0.25) is 9.59 Å². The number of amides is 2. The number of anilines is 1. The van der Waals surface area contributed by atoms with Crippen molar-refractivity contribution >= 4 is 40.7 Å². The minimum Gasteiger partial charge on any atom is -0.482 e. The van der Waals surface area contributed by atoms with Gasteiger partial charge < -0.3 is 19.9 Å². The summed E-state index contributed by atoms with van der Waals surface area (Å²) in [6, 6.07) is 12.6. The quantitative estimate of drug-likeness (QED) is 0.328. The van der Waals surface area contributed by atoms with Gasteiger partial charge in [0.2, 0.25) is 0 Å². The lowest BCUT2D eigenvalue weighted by Gasteiger charge is -2.42. The van der Waals surface area contributed by atoms with Gasteiger partial charge in [-0.05, 0) is 62.1 Å². The third-order valence-corrected chi connectivity index (χ3v) is 6.86. The molecule has 4 rings (SSSR count). The van der Waals surface area contributed by atoms with Crippen molar-refractivity contribution in [1.29, 1.82) is 0 Å². The Balaban J connectivity index is 1.65. The number of hydrogen-bond acceptors (Lipinski definition) is 4. The maximum Gasteiger partial charge on any atom is 0.422 e. The highest BCUT2D eigenvalue weighted by Crippen LogP contribution is 2.36. The van der Waals surface area contributed by atoms with E-state index in [-0.39, 0.29) is 33.4 Å². The Morgan fingerprint density at radius 3 is 2.41 bits per heavy atom. The molecule has 1 saturated heterocycles. The van der Waals surface area contributed by atoms with Crippen molar-refractivity contribution in [3.63, 3.8) is 0 Å². The summed E-state index contributed by atoms with van der Waals surface area (Å²) < 4.78 is 58.2. The van der Waals surface area contributed by atoms with Gasteiger partial charge in [-0.1, -0.05) is 35.3 Å². The molecular weight excluding hydrogens is 561 g/mol. The average molecular weight is 584 g/mol. The second-order valence-corrected chi connectivity index (χ2v) is 10.0. The van der Waals surface area contributed by atoms with E-state index in [2.05, 4.69) is 5.32 Å². The number of likely N-dealkylation sites (N-methyl/N-ethyl adjacent to an activating group) is 1. The molecule has 0 unspecified atom stereocenters. The molecule has 0 saturated carbocycles. The van der Waals surface area contributed by atoms with Crippen LogP contribution in [0.5, 0.6) is 5.75 Å². The van der Waals surface area contributed by atoms with Gasteiger partial charge in [-0.25, -0.2) is 4.39 Å². The molecule has 0 bridgehead atoms. The van der Waals surface area contributed by atoms with Crippen molar-refractivity contribution in [3.05, 3.63) is 81.6 Å². The van der Waals surface area contributed by atoms with Crippen LogP contribution in [0.25, 0.3) is 11.1 Å². The maximum atomic E-state index is 14.2. The second kappa shape index (κ2) is 11.4. The number of halogens is 6. The van der Waals surface area contributed by atoms with Crippen molar-refractivity contribution in [2.75, 3.05) is 39.1 Å². The molecule has 12 heteroatoms. The monoisotopic (exact) mass is 583 g/mol. The van der Waals surface area contributed by atoms with E-state index < -0.39 is 30.1 Å². The predicted octanol–water partition coefficient (Wildman–Crippen LogP) is 6.38. The first kappa shape index (κ1) is 28.7. The van der Waals surface area contributed by atoms with E-state index in [1.165, 1.54) is 36.4 Å². The molecule has 39 heavy (non-hydrogen) atoms. The second-order valence-electron chi connectivity index (χ2n) is 9.19. The lowest BCUT2D eigenvalue weighted by atomic mass is 10.00. The number of carbonyl (C=O) groups is 2. The van der Waals surface area contributed by atoms with E-state index in [0.29, 0.717) is 29.8 Å². The Morgan fingerprint density at radius 1 is 1.05 bits per heavy atom. The van der Waals surface area contributed by atoms with E-state index in [9.17, 15) is 27.2 Å². The Labute approximate surface area is 232 Å². The molecule has 3 aromatic carbocycles. The topological polar surface area (TPSA) is 61.9 Å². The van der Waals surface area contributed by atoms with Crippen molar-refractivity contribution in [2.24, 2.45) is 0 Å². The minimum absolute atomic E-state index is 0.147. The normalized spacial score (nSPS) is 13.8. The fraction of sp³-hybridized carbons (Fsp3) is 0.259. The van der Waals surface area contributed by atoms with Crippen molar-refractivity contribution in [3.8, 4) is 16.9 Å². The molecule has 0 spiro atoms. The van der Waals surface area contributed by atoms with Crippen LogP contribution in [0, 0.1) is 5.82 Å². The SMILES string of the molecule is CN(C)C1CN(C(=O)c2ccc(Cl)c(-c3ccc(NC(=O)c4c(F)cccc4Cl)c(OCC(F)(F)F)c3)c2)C1. The summed E-state index contributed by atoms with van der Waals surface area (Å²) in [5.74, 6) is -2.42. The third-order valence-electron chi connectivity index (χ3n) is 6.22. The number of alkyl halides is 3. The molecule has 6 nitrogen and oxygen atoms in total. The van der Waals surface area contributed by atoms with Crippen LogP contribution in [-0.4, -0.2) is 67.6 Å². The fourth-order valence-corrected chi connectivity index (χ4v) is 4.46. The number of carbonyl (C=O) groups excluding carboxylic acids is 2. The smallest absolute Gasteiger partial charge is 0.422 e. The van der Waals surface area contributed by atoms with Crippen molar-refractivity contribution in [2.45, 2.75) is 12.2 Å². The summed E-state index contributed by atoms with van der Waals surface area (Å²) in [6.45, 7) is -0.507. The number of nitrogens with zero attached hydrogens (tertiary/aromatic N) is 2. The van der Waals surface area contributed by atoms with Gasteiger partial charge in [-0.2, -0.15) is 13.2 Å². The molecule has 0 atom stereocenters. The Bertz CT molecular complexity index is 1390. The molecule has 2 amide bonds. The van der Waals surface area contributed by atoms with Crippen LogP contribution in [0.3, 0.4) is 0 Å². The van der Waals surface area contributed by atoms with Crippen molar-refractivity contribution in [1.82, 2.24) is 9.80 Å². The summed E-state index contributed by atoms with van der Waals surface area (Å²) in [5.41, 5.74) is 0.450. The Kier molecular flexibility index (Phi) is 8.39. The van der Waals surface area contributed by atoms with E-state index in [4.69, 9.17) is 27.9 Å². The van der Waals surface area contributed by atoms with Gasteiger partial charge in [0.15, 0.2) is 6.61 Å². The lowest BCUT2D eigenvalue weighted by molar-refractivity contribution is -0.153. The number of nitrogens with one attached hydrogen (secondary N) is 1. The zero-order chi connectivity index (χ0) is 28.5. The highest BCUT2D eigenvalue weighted by Gasteiger charge is 2.33. The largest absolute Gasteiger partial charge is 0.482 e. The summed E-state index contributed by atoms with van der Waals surface area (Å²) >= 11 is 12.3. The van der Waals surface area contributed by atoms with Crippen LogP contribution in [0.1, 0.15) is 20.7 Å². The van der Waals surface area contributed by atoms with Gasteiger partial charge in [0, 0.05) is 35.3 Å². The number of likely N-dealkylation sites (tertiary alicyclic amines) is 1. The summed E-state index contributed by atoms with van der Waals surface area (Å²) in [6.07, 6.45) is -4.67. The van der Waals surface area contributed by atoms with Crippen LogP contribution in [0.4, 0.5) is 23.2 Å². The van der Waals surface area contributed by atoms with E-state index >= 15 is 0 Å². The van der Waals surface area contributed by atoms with Crippen molar-refractivity contribution < 1.29 is 31.9 Å². The number of hydrogen-bond donors (Lipinski definition) is 1. The first-order valence-corrected chi connectivity index (χ1v) is 12.4. The van der Waals surface area contributed by atoms with Gasteiger partial charge in [0.1, 0.15) is 11.6 Å². The fourth-order valence-electron chi connectivity index (χ4n) is 3.98. The first-order valence-electron chi connectivity index (χ1n) is 11.7. The first-order chi connectivity index (χ1) is 18.3. The summed E-state index contributed by atoms with van der Waals surface area (Å²) in [7, 11) is 3.87. The van der Waals surface area contributed by atoms with E-state index in [1.54, 1.807) is 17.0 Å². The number of rotatable bonds is 7. The summed E-state index contributed by atoms with van der Waals surface area (Å²) in [5, 5.41) is 2.43. The predicted molar refractivity (Wildman–Crippen MR) is 141 cm³/mol. The van der Waals surface area contributed by atoms with Gasteiger partial charge in [0.05, 0.1) is 16.3 Å². The minimum atomic E-state index is -4.67. The van der Waals surface area contributed by atoms with Gasteiger partial charge in [0.25, 0.3) is 11.8 Å². The molecule has 1 fully saturated rings. The molecule has 3 aromatic rings. The van der Waals surface area contributed by atoms with Gasteiger partial charge >= 0.3 is 6.18 Å². The van der Waals surface area contributed by atoms with E-state index in [1.807, 2.05) is 19.0 Å². The molecule has 1 aliphatic rings. The van der Waals surface area contributed by atoms with Crippen LogP contribution in [0.2, 0.25) is 10.0 Å². The van der Waals surface area contributed by atoms with Crippen LogP contribution >= 0.6 is 23.2 Å². The lowest BCUT2D eigenvalue weighted by Crippen LogP contribution is -2.59. The molecule has 0 radical (unpaired) electrons. The molecule has 206 valence electrons. The zero-order valence-electron chi connectivity index (χ0n) is 20.8.